The second-order valence-corrected chi connectivity index (χ2v) is 5.26. The van der Waals surface area contributed by atoms with Crippen molar-refractivity contribution in [2.45, 2.75) is 6.54 Å². The number of hydrogen-bond donors (Lipinski definition) is 1. The molecule has 0 atom stereocenters. The summed E-state index contributed by atoms with van der Waals surface area (Å²) in [6.07, 6.45) is 0.824. The number of imidazole rings is 1. The molecule has 22 heavy (non-hydrogen) atoms. The molecule has 5 nitrogen and oxygen atoms in total. The van der Waals surface area contributed by atoms with Crippen molar-refractivity contribution in [1.29, 1.82) is 0 Å². The normalized spacial score (nSPS) is 13.7. The summed E-state index contributed by atoms with van der Waals surface area (Å²) in [5.41, 5.74) is 3.77. The predicted octanol–water partition coefficient (Wildman–Crippen LogP) is 2.26. The Morgan fingerprint density at radius 3 is 2.91 bits per heavy atom. The van der Waals surface area contributed by atoms with Crippen molar-refractivity contribution in [1.82, 2.24) is 14.9 Å². The number of aldehydes is 1. The minimum absolute atomic E-state index is 0.0718. The molecule has 0 fully saturated rings. The van der Waals surface area contributed by atoms with E-state index in [0.717, 1.165) is 28.7 Å². The van der Waals surface area contributed by atoms with Gasteiger partial charge in [0.2, 0.25) is 0 Å². The molecule has 108 valence electrons. The Hall–Kier alpha value is -2.95. The van der Waals surface area contributed by atoms with Gasteiger partial charge in [0.1, 0.15) is 12.1 Å². The molecule has 1 amide bonds. The second kappa shape index (κ2) is 4.80. The third kappa shape index (κ3) is 1.83. The Kier molecular flexibility index (Phi) is 2.79. The fourth-order valence-corrected chi connectivity index (χ4v) is 2.93. The minimum Gasteiger partial charge on any atom is -0.350 e. The average Bonchev–Trinajstić information content (AvgIpc) is 2.84. The molecule has 5 heteroatoms. The smallest absolute Gasteiger partial charge is 0.253 e. The number of nitrogens with zero attached hydrogens (tertiary/aromatic N) is 2. The highest BCUT2D eigenvalue weighted by Crippen LogP contribution is 2.28. The van der Waals surface area contributed by atoms with E-state index in [2.05, 4.69) is 10.3 Å². The standard InChI is InChI=1S/C17H13N3O2/c21-10-11-3-1-4-12(9-11)16-19-14-6-2-5-13-15(14)20(16)8-7-18-17(13)22/h1-6,9-10H,7-8H2,(H,18,22). The van der Waals surface area contributed by atoms with E-state index in [9.17, 15) is 9.59 Å². The van der Waals surface area contributed by atoms with Crippen molar-refractivity contribution < 1.29 is 9.59 Å². The summed E-state index contributed by atoms with van der Waals surface area (Å²) in [5.74, 6) is 0.708. The number of carbonyl (C=O) groups excluding carboxylic acids is 2. The monoisotopic (exact) mass is 291 g/mol. The summed E-state index contributed by atoms with van der Waals surface area (Å²) in [7, 11) is 0. The molecule has 1 aliphatic rings. The molecule has 3 aromatic rings. The molecular weight excluding hydrogens is 278 g/mol. The van der Waals surface area contributed by atoms with E-state index in [1.807, 2.05) is 41.0 Å². The van der Waals surface area contributed by atoms with Crippen LogP contribution in [0.25, 0.3) is 22.4 Å². The second-order valence-electron chi connectivity index (χ2n) is 5.26. The van der Waals surface area contributed by atoms with Crippen LogP contribution in [0.2, 0.25) is 0 Å². The van der Waals surface area contributed by atoms with Crippen molar-refractivity contribution in [2.75, 3.05) is 6.54 Å². The SMILES string of the molecule is O=Cc1cccc(-c2nc3cccc4c3n2CCNC4=O)c1. The fraction of sp³-hybridized carbons (Fsp3) is 0.118. The molecule has 1 aromatic heterocycles. The van der Waals surface area contributed by atoms with Crippen molar-refractivity contribution in [3.8, 4) is 11.4 Å². The van der Waals surface area contributed by atoms with Gasteiger partial charge in [-0.3, -0.25) is 9.59 Å². The molecule has 0 radical (unpaired) electrons. The average molecular weight is 291 g/mol. The molecule has 2 heterocycles. The van der Waals surface area contributed by atoms with E-state index in [0.29, 0.717) is 24.2 Å². The molecule has 1 N–H and O–H groups in total. The lowest BCUT2D eigenvalue weighted by atomic mass is 10.1. The number of benzene rings is 2. The number of nitrogens with one attached hydrogen (secondary N) is 1. The molecule has 0 saturated heterocycles. The van der Waals surface area contributed by atoms with Gasteiger partial charge in [-0.25, -0.2) is 4.98 Å². The minimum atomic E-state index is -0.0718. The largest absolute Gasteiger partial charge is 0.350 e. The summed E-state index contributed by atoms with van der Waals surface area (Å²) in [4.78, 5) is 27.8. The molecule has 4 rings (SSSR count). The summed E-state index contributed by atoms with van der Waals surface area (Å²) in [5, 5.41) is 2.90. The lowest BCUT2D eigenvalue weighted by Gasteiger charge is -2.07. The van der Waals surface area contributed by atoms with Crippen molar-refractivity contribution in [2.24, 2.45) is 0 Å². The first-order chi connectivity index (χ1) is 10.8. The lowest BCUT2D eigenvalue weighted by molar-refractivity contribution is 0.0956. The number of hydrogen-bond acceptors (Lipinski definition) is 3. The summed E-state index contributed by atoms with van der Waals surface area (Å²) in [6, 6.07) is 12.9. The van der Waals surface area contributed by atoms with Gasteiger partial charge in [-0.05, 0) is 18.2 Å². The Balaban J connectivity index is 2.02. The fourth-order valence-electron chi connectivity index (χ4n) is 2.93. The molecule has 0 bridgehead atoms. The van der Waals surface area contributed by atoms with Gasteiger partial charge in [0.25, 0.3) is 5.91 Å². The predicted molar refractivity (Wildman–Crippen MR) is 82.9 cm³/mol. The Bertz CT molecular complexity index is 911. The van der Waals surface area contributed by atoms with Crippen LogP contribution in [0.15, 0.2) is 42.5 Å². The lowest BCUT2D eigenvalue weighted by Crippen LogP contribution is -2.24. The molecule has 0 aliphatic carbocycles. The zero-order valence-electron chi connectivity index (χ0n) is 11.7. The van der Waals surface area contributed by atoms with Crippen LogP contribution in [0.3, 0.4) is 0 Å². The highest BCUT2D eigenvalue weighted by atomic mass is 16.1. The van der Waals surface area contributed by atoms with Crippen molar-refractivity contribution >= 4 is 23.2 Å². The zero-order valence-corrected chi connectivity index (χ0v) is 11.7. The summed E-state index contributed by atoms with van der Waals surface area (Å²) in [6.45, 7) is 1.21. The molecular formula is C17H13N3O2. The molecule has 0 unspecified atom stereocenters. The van der Waals surface area contributed by atoms with E-state index in [4.69, 9.17) is 0 Å². The van der Waals surface area contributed by atoms with Gasteiger partial charge in [-0.15, -0.1) is 0 Å². The van der Waals surface area contributed by atoms with Crippen LogP contribution in [0, 0.1) is 0 Å². The maximum Gasteiger partial charge on any atom is 0.253 e. The Morgan fingerprint density at radius 2 is 2.05 bits per heavy atom. The third-order valence-corrected chi connectivity index (χ3v) is 3.91. The van der Waals surface area contributed by atoms with E-state index >= 15 is 0 Å². The van der Waals surface area contributed by atoms with E-state index in [-0.39, 0.29) is 5.91 Å². The van der Waals surface area contributed by atoms with Crippen LogP contribution >= 0.6 is 0 Å². The van der Waals surface area contributed by atoms with Crippen LogP contribution in [-0.4, -0.2) is 28.3 Å². The van der Waals surface area contributed by atoms with E-state index < -0.39 is 0 Å². The van der Waals surface area contributed by atoms with Gasteiger partial charge in [0, 0.05) is 24.2 Å². The Morgan fingerprint density at radius 1 is 1.18 bits per heavy atom. The van der Waals surface area contributed by atoms with Crippen LogP contribution in [0.1, 0.15) is 20.7 Å². The highest BCUT2D eigenvalue weighted by molar-refractivity contribution is 6.06. The maximum absolute atomic E-state index is 12.1. The first-order valence-electron chi connectivity index (χ1n) is 7.11. The van der Waals surface area contributed by atoms with Crippen molar-refractivity contribution in [3.05, 3.63) is 53.6 Å². The number of amides is 1. The third-order valence-electron chi connectivity index (χ3n) is 3.91. The molecule has 0 spiro atoms. The quantitative estimate of drug-likeness (QED) is 0.737. The Labute approximate surface area is 126 Å². The van der Waals surface area contributed by atoms with Gasteiger partial charge in [0.15, 0.2) is 0 Å². The number of carbonyl (C=O) groups is 2. The van der Waals surface area contributed by atoms with Gasteiger partial charge in [-0.1, -0.05) is 24.3 Å². The van der Waals surface area contributed by atoms with Gasteiger partial charge < -0.3 is 9.88 Å². The van der Waals surface area contributed by atoms with Gasteiger partial charge in [0.05, 0.1) is 16.6 Å². The molecule has 1 aliphatic heterocycles. The van der Waals surface area contributed by atoms with E-state index in [1.165, 1.54) is 0 Å². The summed E-state index contributed by atoms with van der Waals surface area (Å²) < 4.78 is 2.05. The van der Waals surface area contributed by atoms with Crippen LogP contribution in [0.4, 0.5) is 0 Å². The highest BCUT2D eigenvalue weighted by Gasteiger charge is 2.21. The van der Waals surface area contributed by atoms with Gasteiger partial charge in [-0.2, -0.15) is 0 Å². The number of para-hydroxylation sites is 1. The zero-order chi connectivity index (χ0) is 15.1. The topological polar surface area (TPSA) is 64.0 Å². The maximum atomic E-state index is 12.1. The molecule has 2 aromatic carbocycles. The first-order valence-corrected chi connectivity index (χ1v) is 7.11. The molecule has 0 saturated carbocycles. The van der Waals surface area contributed by atoms with Crippen LogP contribution in [-0.2, 0) is 6.54 Å². The van der Waals surface area contributed by atoms with Crippen LogP contribution in [0.5, 0.6) is 0 Å². The van der Waals surface area contributed by atoms with Crippen molar-refractivity contribution in [3.63, 3.8) is 0 Å². The number of aromatic nitrogens is 2. The van der Waals surface area contributed by atoms with Crippen LogP contribution < -0.4 is 5.32 Å². The first kappa shape index (κ1) is 12.8. The number of rotatable bonds is 2. The van der Waals surface area contributed by atoms with E-state index in [1.54, 1.807) is 6.07 Å². The van der Waals surface area contributed by atoms with Gasteiger partial charge >= 0.3 is 0 Å². The summed E-state index contributed by atoms with van der Waals surface area (Å²) >= 11 is 0.